The molecule has 0 radical (unpaired) electrons. The number of halogens is 4. The molecular formula is C46H51ClF3NO4. The summed E-state index contributed by atoms with van der Waals surface area (Å²) >= 11 is 6.34. The molecule has 4 aliphatic rings. The molecule has 3 aliphatic carbocycles. The van der Waals surface area contributed by atoms with Crippen LogP contribution >= 0.6 is 11.6 Å². The minimum Gasteiger partial charge on any atom is -0.453 e. The summed E-state index contributed by atoms with van der Waals surface area (Å²) in [5.74, 6) is 0.0942. The number of hydrogen-bond acceptors (Lipinski definition) is 5. The van der Waals surface area contributed by atoms with E-state index >= 15 is 0 Å². The fraction of sp³-hybridized carbons (Fsp3) is 0.457. The van der Waals surface area contributed by atoms with Crippen molar-refractivity contribution in [2.24, 2.45) is 11.3 Å². The number of allylic oxidation sites excluding steroid dienone is 2. The van der Waals surface area contributed by atoms with Gasteiger partial charge in [0, 0.05) is 23.1 Å². The fourth-order valence-electron chi connectivity index (χ4n) is 9.49. The van der Waals surface area contributed by atoms with Crippen molar-refractivity contribution in [3.63, 3.8) is 0 Å². The number of likely N-dealkylation sites (tertiary alicyclic amines) is 1. The number of fused-ring (bicyclic) bond motifs is 8. The van der Waals surface area contributed by atoms with Crippen molar-refractivity contribution in [1.82, 2.24) is 4.90 Å². The third-order valence-electron chi connectivity index (χ3n) is 12.9. The van der Waals surface area contributed by atoms with Crippen molar-refractivity contribution in [2.45, 2.75) is 102 Å². The molecule has 292 valence electrons. The van der Waals surface area contributed by atoms with Crippen LogP contribution in [0, 0.1) is 11.3 Å². The van der Waals surface area contributed by atoms with Crippen LogP contribution < -0.4 is 0 Å². The predicted octanol–water partition coefficient (Wildman–Crippen LogP) is 10.8. The maximum absolute atomic E-state index is 14.6. The molecular weight excluding hydrogens is 723 g/mol. The maximum atomic E-state index is 14.6. The molecule has 4 aromatic rings. The smallest absolute Gasteiger partial charge is 0.416 e. The number of carbonyl (C=O) groups is 1. The second-order valence-electron chi connectivity index (χ2n) is 16.5. The van der Waals surface area contributed by atoms with E-state index in [9.17, 15) is 28.2 Å². The number of nitrogens with zero attached hydrogens (tertiary/aromatic N) is 1. The van der Waals surface area contributed by atoms with E-state index in [1.165, 1.54) is 29.3 Å². The average Bonchev–Trinajstić information content (AvgIpc) is 3.74. The van der Waals surface area contributed by atoms with Crippen LogP contribution in [0.25, 0.3) is 11.3 Å². The molecule has 2 bridgehead atoms. The normalized spacial score (nSPS) is 25.7. The number of aliphatic hydroxyl groups excluding tert-OH is 1. The molecule has 4 unspecified atom stereocenters. The van der Waals surface area contributed by atoms with Crippen LogP contribution in [0.15, 0.2) is 94.9 Å². The third kappa shape index (κ3) is 8.53. The lowest BCUT2D eigenvalue weighted by Gasteiger charge is -2.47. The van der Waals surface area contributed by atoms with Gasteiger partial charge in [0.1, 0.15) is 5.76 Å². The quantitative estimate of drug-likeness (QED) is 0.145. The molecule has 1 saturated carbocycles. The zero-order chi connectivity index (χ0) is 39.0. The highest BCUT2D eigenvalue weighted by atomic mass is 35.5. The Balaban J connectivity index is 1.20. The van der Waals surface area contributed by atoms with Gasteiger partial charge >= 0.3 is 6.18 Å². The van der Waals surface area contributed by atoms with Crippen LogP contribution in [0.2, 0.25) is 5.02 Å². The molecule has 55 heavy (non-hydrogen) atoms. The Morgan fingerprint density at radius 3 is 2.47 bits per heavy atom. The summed E-state index contributed by atoms with van der Waals surface area (Å²) in [5.41, 5.74) is 2.22. The van der Waals surface area contributed by atoms with Gasteiger partial charge < -0.3 is 19.5 Å². The molecule has 1 saturated heterocycles. The molecule has 8 rings (SSSR count). The molecule has 0 amide bonds. The number of hydrogen-bond donors (Lipinski definition) is 2. The van der Waals surface area contributed by atoms with E-state index in [4.69, 9.17) is 16.0 Å². The topological polar surface area (TPSA) is 73.9 Å². The second-order valence-corrected chi connectivity index (χ2v) is 16.9. The number of piperidine rings is 1. The van der Waals surface area contributed by atoms with Gasteiger partial charge in [0.2, 0.25) is 5.78 Å². The van der Waals surface area contributed by atoms with Crippen LogP contribution in [-0.2, 0) is 19.0 Å². The lowest BCUT2D eigenvalue weighted by molar-refractivity contribution is -0.137. The van der Waals surface area contributed by atoms with E-state index in [0.29, 0.717) is 50.1 Å². The van der Waals surface area contributed by atoms with E-state index in [2.05, 4.69) is 55.2 Å². The fourth-order valence-corrected chi connectivity index (χ4v) is 9.70. The highest BCUT2D eigenvalue weighted by molar-refractivity contribution is 6.33. The van der Waals surface area contributed by atoms with Gasteiger partial charge in [0.15, 0.2) is 5.76 Å². The predicted molar refractivity (Wildman–Crippen MR) is 210 cm³/mol. The van der Waals surface area contributed by atoms with Crippen LogP contribution in [0.5, 0.6) is 0 Å². The van der Waals surface area contributed by atoms with Crippen molar-refractivity contribution in [3.8, 4) is 11.3 Å². The Morgan fingerprint density at radius 2 is 1.73 bits per heavy atom. The van der Waals surface area contributed by atoms with Crippen molar-refractivity contribution < 1.29 is 32.6 Å². The minimum atomic E-state index is -4.58. The molecule has 1 aromatic heterocycles. The summed E-state index contributed by atoms with van der Waals surface area (Å²) in [7, 11) is 0. The molecule has 2 fully saturated rings. The first-order valence-electron chi connectivity index (χ1n) is 19.7. The zero-order valence-electron chi connectivity index (χ0n) is 31.7. The number of benzene rings is 3. The number of furan rings is 1. The largest absolute Gasteiger partial charge is 0.453 e. The van der Waals surface area contributed by atoms with Crippen molar-refractivity contribution in [2.75, 3.05) is 19.6 Å². The Kier molecular flexibility index (Phi) is 11.5. The lowest BCUT2D eigenvalue weighted by Crippen LogP contribution is -2.53. The van der Waals surface area contributed by atoms with Gasteiger partial charge in [0.25, 0.3) is 0 Å². The van der Waals surface area contributed by atoms with Gasteiger partial charge in [-0.05, 0) is 149 Å². The number of β-amino-alcohol motifs (C(OH)–C–C–N with tert-alkyl or cyclic N) is 1. The Hall–Kier alpha value is -3.69. The molecule has 3 aromatic carbocycles. The third-order valence-corrected chi connectivity index (χ3v) is 13.2. The van der Waals surface area contributed by atoms with Gasteiger partial charge in [-0.25, -0.2) is 0 Å². The Bertz CT molecular complexity index is 2020. The molecule has 0 spiro atoms. The van der Waals surface area contributed by atoms with Crippen LogP contribution in [0.1, 0.15) is 110 Å². The molecule has 4 atom stereocenters. The summed E-state index contributed by atoms with van der Waals surface area (Å²) in [6.07, 6.45) is 4.74. The monoisotopic (exact) mass is 773 g/mol. The van der Waals surface area contributed by atoms with Crippen LogP contribution in [-0.4, -0.2) is 52.2 Å². The first kappa shape index (κ1) is 39.5. The molecule has 5 nitrogen and oxygen atoms in total. The van der Waals surface area contributed by atoms with Gasteiger partial charge in [0.05, 0.1) is 22.3 Å². The van der Waals surface area contributed by atoms with Gasteiger partial charge in [-0.15, -0.1) is 0 Å². The SMILES string of the molecule is CC1=CCCC2(C)C(CCC2(O)CN2CCC(Cc3ccccc3)CC2)c2ccc(cc2C(=O)c2ccc(-c3cc(C(F)(F)F)ccc3Cl)o2)CC(O)CC1. The van der Waals surface area contributed by atoms with E-state index in [1.54, 1.807) is 0 Å². The summed E-state index contributed by atoms with van der Waals surface area (Å²) in [5, 5.41) is 23.9. The maximum Gasteiger partial charge on any atom is 0.416 e. The van der Waals surface area contributed by atoms with Gasteiger partial charge in [-0.3, -0.25) is 4.79 Å². The van der Waals surface area contributed by atoms with Crippen LogP contribution in [0.3, 0.4) is 0 Å². The van der Waals surface area contributed by atoms with Gasteiger partial charge in [-0.1, -0.05) is 72.6 Å². The first-order valence-corrected chi connectivity index (χ1v) is 20.1. The first-order chi connectivity index (χ1) is 26.2. The van der Waals surface area contributed by atoms with Crippen molar-refractivity contribution in [3.05, 3.63) is 129 Å². The summed E-state index contributed by atoms with van der Waals surface area (Å²) < 4.78 is 46.8. The van der Waals surface area contributed by atoms with E-state index in [-0.39, 0.29) is 28.0 Å². The molecule has 1 aliphatic heterocycles. The Labute approximate surface area is 327 Å². The number of rotatable bonds is 7. The zero-order valence-corrected chi connectivity index (χ0v) is 32.4. The highest BCUT2D eigenvalue weighted by Gasteiger charge is 2.57. The van der Waals surface area contributed by atoms with E-state index in [0.717, 1.165) is 68.5 Å². The molecule has 2 heterocycles. The summed E-state index contributed by atoms with van der Waals surface area (Å²) in [6.45, 7) is 6.71. The van der Waals surface area contributed by atoms with Crippen LogP contribution in [0.4, 0.5) is 13.2 Å². The number of aliphatic hydroxyl groups is 2. The van der Waals surface area contributed by atoms with E-state index in [1.807, 2.05) is 18.2 Å². The minimum absolute atomic E-state index is 0.0181. The van der Waals surface area contributed by atoms with E-state index < -0.39 is 34.6 Å². The summed E-state index contributed by atoms with van der Waals surface area (Å²) in [4.78, 5) is 17.0. The van der Waals surface area contributed by atoms with Crippen molar-refractivity contribution in [1.29, 1.82) is 0 Å². The lowest BCUT2D eigenvalue weighted by atomic mass is 9.64. The second kappa shape index (κ2) is 16.0. The number of ketones is 1. The Morgan fingerprint density at radius 1 is 0.964 bits per heavy atom. The molecule has 9 heteroatoms. The van der Waals surface area contributed by atoms with Gasteiger partial charge in [-0.2, -0.15) is 13.2 Å². The summed E-state index contributed by atoms with van der Waals surface area (Å²) in [6, 6.07) is 22.4. The standard InChI is InChI=1S/C46H51ClF3NO4/c1-30-7-6-21-44(2)39(18-22-45(44,54)29-51-23-19-32(20-24-51)25-31-8-4-3-5-9-31)36-14-11-33(26-35(52)13-10-30)27-37(36)43(53)42-17-16-41(55-42)38-28-34(46(48,49)50)12-15-40(38)47/h3-5,7-9,11-12,14-17,27-28,32,35,39,52,54H,6,10,13,18-26,29H2,1-2H3. The molecule has 2 N–H and O–H groups in total. The number of alkyl halides is 3. The number of carbonyl (C=O) groups excluding carboxylic acids is 1. The van der Waals surface area contributed by atoms with Crippen molar-refractivity contribution >= 4 is 17.4 Å². The highest BCUT2D eigenvalue weighted by Crippen LogP contribution is 2.59. The average molecular weight is 774 g/mol.